The Morgan fingerprint density at radius 1 is 1.50 bits per heavy atom. The number of ether oxygens (including phenoxy) is 1. The summed E-state index contributed by atoms with van der Waals surface area (Å²) in [5.74, 6) is 2.00. The van der Waals surface area contributed by atoms with Crippen LogP contribution in [0.25, 0.3) is 0 Å². The lowest BCUT2D eigenvalue weighted by Gasteiger charge is -2.09. The number of aliphatic hydroxyl groups excluding tert-OH is 1. The highest BCUT2D eigenvalue weighted by Crippen LogP contribution is 2.11. The molecule has 0 fully saturated rings. The van der Waals surface area contributed by atoms with Gasteiger partial charge < -0.3 is 15.2 Å². The standard InChI is InChI=1S/C12H20N2O2/c1-10(9-15)4-3-7-13-12-6-5-11(16-2)8-14-12/h5-6,8,10,15H,3-4,7,9H2,1-2H3,(H,13,14). The van der Waals surface area contributed by atoms with Gasteiger partial charge in [-0.25, -0.2) is 4.98 Å². The monoisotopic (exact) mass is 224 g/mol. The van der Waals surface area contributed by atoms with Gasteiger partial charge in [0.2, 0.25) is 0 Å². The number of anilines is 1. The third-order valence-corrected chi connectivity index (χ3v) is 2.46. The van der Waals surface area contributed by atoms with Crippen LogP contribution in [-0.4, -0.2) is 30.4 Å². The van der Waals surface area contributed by atoms with Crippen molar-refractivity contribution in [3.8, 4) is 5.75 Å². The molecule has 0 bridgehead atoms. The van der Waals surface area contributed by atoms with Gasteiger partial charge in [-0.15, -0.1) is 0 Å². The van der Waals surface area contributed by atoms with Crippen LogP contribution in [0.2, 0.25) is 0 Å². The Morgan fingerprint density at radius 2 is 2.31 bits per heavy atom. The van der Waals surface area contributed by atoms with E-state index in [1.807, 2.05) is 19.1 Å². The van der Waals surface area contributed by atoms with E-state index in [0.717, 1.165) is 31.0 Å². The number of methoxy groups -OCH3 is 1. The molecule has 0 amide bonds. The molecule has 1 heterocycles. The molecule has 0 aliphatic carbocycles. The minimum atomic E-state index is 0.265. The van der Waals surface area contributed by atoms with Crippen molar-refractivity contribution in [1.29, 1.82) is 0 Å². The van der Waals surface area contributed by atoms with Crippen LogP contribution in [0.4, 0.5) is 5.82 Å². The summed E-state index contributed by atoms with van der Waals surface area (Å²) in [6.45, 7) is 3.19. The van der Waals surface area contributed by atoms with Crippen LogP contribution < -0.4 is 10.1 Å². The highest BCUT2D eigenvalue weighted by Gasteiger charge is 1.99. The lowest BCUT2D eigenvalue weighted by molar-refractivity contribution is 0.229. The number of hydrogen-bond donors (Lipinski definition) is 2. The normalized spacial score (nSPS) is 12.2. The molecule has 1 unspecified atom stereocenters. The Labute approximate surface area is 96.7 Å². The zero-order valence-corrected chi connectivity index (χ0v) is 9.94. The van der Waals surface area contributed by atoms with E-state index >= 15 is 0 Å². The second-order valence-electron chi connectivity index (χ2n) is 3.94. The first-order valence-electron chi connectivity index (χ1n) is 5.61. The van der Waals surface area contributed by atoms with Crippen LogP contribution in [0.1, 0.15) is 19.8 Å². The van der Waals surface area contributed by atoms with Crippen LogP contribution in [0.15, 0.2) is 18.3 Å². The molecule has 1 rings (SSSR count). The lowest BCUT2D eigenvalue weighted by atomic mass is 10.1. The van der Waals surface area contributed by atoms with Gasteiger partial charge in [-0.2, -0.15) is 0 Å². The van der Waals surface area contributed by atoms with Crippen molar-refractivity contribution >= 4 is 5.82 Å². The molecule has 1 aromatic heterocycles. The van der Waals surface area contributed by atoms with Crippen LogP contribution >= 0.6 is 0 Å². The molecule has 4 nitrogen and oxygen atoms in total. The Bertz CT molecular complexity index is 288. The molecule has 0 aliphatic rings. The van der Waals surface area contributed by atoms with Crippen molar-refractivity contribution in [3.05, 3.63) is 18.3 Å². The van der Waals surface area contributed by atoms with E-state index < -0.39 is 0 Å². The SMILES string of the molecule is COc1ccc(NCCCC(C)CO)nc1. The highest BCUT2D eigenvalue weighted by molar-refractivity contribution is 5.37. The maximum Gasteiger partial charge on any atom is 0.137 e. The summed E-state index contributed by atoms with van der Waals surface area (Å²) in [7, 11) is 1.63. The van der Waals surface area contributed by atoms with Gasteiger partial charge in [0.1, 0.15) is 11.6 Å². The van der Waals surface area contributed by atoms with E-state index in [4.69, 9.17) is 9.84 Å². The molecular weight excluding hydrogens is 204 g/mol. The quantitative estimate of drug-likeness (QED) is 0.695. The van der Waals surface area contributed by atoms with Gasteiger partial charge in [0.15, 0.2) is 0 Å². The predicted octanol–water partition coefficient (Wildman–Crippen LogP) is 1.91. The lowest BCUT2D eigenvalue weighted by Crippen LogP contribution is -2.07. The zero-order chi connectivity index (χ0) is 11.8. The molecule has 0 radical (unpaired) electrons. The predicted molar refractivity (Wildman–Crippen MR) is 64.8 cm³/mol. The molecule has 0 aromatic carbocycles. The topological polar surface area (TPSA) is 54.4 Å². The number of hydrogen-bond acceptors (Lipinski definition) is 4. The zero-order valence-electron chi connectivity index (χ0n) is 9.94. The van der Waals surface area contributed by atoms with E-state index in [9.17, 15) is 0 Å². The molecule has 16 heavy (non-hydrogen) atoms. The van der Waals surface area contributed by atoms with Crippen molar-refractivity contribution in [3.63, 3.8) is 0 Å². The van der Waals surface area contributed by atoms with E-state index in [1.54, 1.807) is 13.3 Å². The summed E-state index contributed by atoms with van der Waals surface area (Å²) in [5, 5.41) is 12.1. The molecule has 1 atom stereocenters. The van der Waals surface area contributed by atoms with E-state index in [-0.39, 0.29) is 6.61 Å². The first-order chi connectivity index (χ1) is 7.76. The minimum Gasteiger partial charge on any atom is -0.495 e. The molecule has 0 aliphatic heterocycles. The molecule has 0 saturated heterocycles. The summed E-state index contributed by atoms with van der Waals surface area (Å²) in [6.07, 6.45) is 3.76. The van der Waals surface area contributed by atoms with Crippen LogP contribution in [-0.2, 0) is 0 Å². The largest absolute Gasteiger partial charge is 0.495 e. The van der Waals surface area contributed by atoms with Gasteiger partial charge in [0.05, 0.1) is 13.3 Å². The highest BCUT2D eigenvalue weighted by atomic mass is 16.5. The molecule has 2 N–H and O–H groups in total. The molecule has 90 valence electrons. The van der Waals surface area contributed by atoms with Gasteiger partial charge >= 0.3 is 0 Å². The van der Waals surface area contributed by atoms with Crippen LogP contribution in [0.3, 0.4) is 0 Å². The van der Waals surface area contributed by atoms with Gasteiger partial charge in [0.25, 0.3) is 0 Å². The van der Waals surface area contributed by atoms with Crippen LogP contribution in [0.5, 0.6) is 5.75 Å². The van der Waals surface area contributed by atoms with Crippen molar-refractivity contribution in [2.45, 2.75) is 19.8 Å². The molecule has 0 spiro atoms. The number of aliphatic hydroxyl groups is 1. The number of pyridine rings is 1. The molecule has 1 aromatic rings. The number of nitrogens with zero attached hydrogens (tertiary/aromatic N) is 1. The fraction of sp³-hybridized carbons (Fsp3) is 0.583. The van der Waals surface area contributed by atoms with Crippen molar-refractivity contribution in [2.24, 2.45) is 5.92 Å². The first kappa shape index (κ1) is 12.8. The summed E-state index contributed by atoms with van der Waals surface area (Å²) in [6, 6.07) is 3.78. The first-order valence-corrected chi connectivity index (χ1v) is 5.61. The average molecular weight is 224 g/mol. The maximum atomic E-state index is 8.86. The minimum absolute atomic E-state index is 0.265. The van der Waals surface area contributed by atoms with Gasteiger partial charge in [-0.05, 0) is 30.9 Å². The second-order valence-corrected chi connectivity index (χ2v) is 3.94. The summed E-state index contributed by atoms with van der Waals surface area (Å²) in [4.78, 5) is 4.20. The van der Waals surface area contributed by atoms with Crippen molar-refractivity contribution < 1.29 is 9.84 Å². The maximum absolute atomic E-state index is 8.86. The smallest absolute Gasteiger partial charge is 0.137 e. The number of aromatic nitrogens is 1. The Kier molecular flexibility index (Phi) is 5.64. The third kappa shape index (κ3) is 4.49. The fourth-order valence-corrected chi connectivity index (χ4v) is 1.36. The van der Waals surface area contributed by atoms with Gasteiger partial charge in [0, 0.05) is 13.2 Å². The summed E-state index contributed by atoms with van der Waals surface area (Å²) in [5.41, 5.74) is 0. The molecule has 4 heteroatoms. The van der Waals surface area contributed by atoms with E-state index in [0.29, 0.717) is 5.92 Å². The second kappa shape index (κ2) is 7.06. The van der Waals surface area contributed by atoms with Gasteiger partial charge in [-0.1, -0.05) is 6.92 Å². The van der Waals surface area contributed by atoms with Crippen molar-refractivity contribution in [2.75, 3.05) is 25.6 Å². The number of rotatable bonds is 7. The molecule has 0 saturated carbocycles. The fourth-order valence-electron chi connectivity index (χ4n) is 1.36. The number of nitrogens with one attached hydrogen (secondary N) is 1. The Balaban J connectivity index is 2.21. The molecular formula is C12H20N2O2. The third-order valence-electron chi connectivity index (χ3n) is 2.46. The van der Waals surface area contributed by atoms with E-state index in [2.05, 4.69) is 10.3 Å². The van der Waals surface area contributed by atoms with E-state index in [1.165, 1.54) is 0 Å². The Hall–Kier alpha value is -1.29. The summed E-state index contributed by atoms with van der Waals surface area (Å²) >= 11 is 0. The van der Waals surface area contributed by atoms with Crippen molar-refractivity contribution in [1.82, 2.24) is 4.98 Å². The van der Waals surface area contributed by atoms with Gasteiger partial charge in [-0.3, -0.25) is 0 Å². The average Bonchev–Trinajstić information content (AvgIpc) is 2.35. The van der Waals surface area contributed by atoms with Crippen LogP contribution in [0, 0.1) is 5.92 Å². The summed E-state index contributed by atoms with van der Waals surface area (Å²) < 4.78 is 5.02. The Morgan fingerprint density at radius 3 is 2.88 bits per heavy atom.